The van der Waals surface area contributed by atoms with E-state index in [0.29, 0.717) is 18.1 Å². The maximum absolute atomic E-state index is 6.08. The predicted molar refractivity (Wildman–Crippen MR) is 78.0 cm³/mol. The Balaban J connectivity index is 2.20. The largest absolute Gasteiger partial charge is 0.377 e. The van der Waals surface area contributed by atoms with E-state index in [9.17, 15) is 0 Å². The summed E-state index contributed by atoms with van der Waals surface area (Å²) in [5.74, 6) is 0.581. The third-order valence-corrected chi connectivity index (χ3v) is 3.93. The van der Waals surface area contributed by atoms with Crippen LogP contribution in [0.25, 0.3) is 0 Å². The highest BCUT2D eigenvalue weighted by molar-refractivity contribution is 4.76. The van der Waals surface area contributed by atoms with Gasteiger partial charge in [0.25, 0.3) is 0 Å². The molecule has 0 spiro atoms. The molecule has 0 amide bonds. The Morgan fingerprint density at radius 2 is 2.00 bits per heavy atom. The van der Waals surface area contributed by atoms with Crippen LogP contribution in [0.5, 0.6) is 0 Å². The van der Waals surface area contributed by atoms with Crippen molar-refractivity contribution in [1.29, 1.82) is 0 Å². The zero-order valence-corrected chi connectivity index (χ0v) is 12.9. The fourth-order valence-electron chi connectivity index (χ4n) is 2.54. The van der Waals surface area contributed by atoms with Crippen LogP contribution < -0.4 is 5.32 Å². The zero-order valence-electron chi connectivity index (χ0n) is 12.9. The molecule has 108 valence electrons. The molecule has 1 rings (SSSR count). The van der Waals surface area contributed by atoms with Gasteiger partial charge < -0.3 is 15.0 Å². The predicted octanol–water partition coefficient (Wildman–Crippen LogP) is 2.51. The molecule has 2 atom stereocenters. The van der Waals surface area contributed by atoms with Gasteiger partial charge in [-0.3, -0.25) is 0 Å². The van der Waals surface area contributed by atoms with E-state index in [4.69, 9.17) is 4.74 Å². The molecule has 0 aliphatic carbocycles. The molecule has 1 heterocycles. The molecule has 0 saturated carbocycles. The monoisotopic (exact) mass is 256 g/mol. The summed E-state index contributed by atoms with van der Waals surface area (Å²) in [5.41, 5.74) is 0. The van der Waals surface area contributed by atoms with Gasteiger partial charge in [0.15, 0.2) is 0 Å². The molecule has 0 bridgehead atoms. The van der Waals surface area contributed by atoms with Gasteiger partial charge in [-0.2, -0.15) is 0 Å². The Morgan fingerprint density at radius 1 is 1.28 bits per heavy atom. The summed E-state index contributed by atoms with van der Waals surface area (Å²) < 4.78 is 6.08. The highest BCUT2D eigenvalue weighted by atomic mass is 16.5. The first-order chi connectivity index (χ1) is 8.50. The Morgan fingerprint density at radius 3 is 2.50 bits per heavy atom. The maximum Gasteiger partial charge on any atom is 0.0722 e. The van der Waals surface area contributed by atoms with Crippen LogP contribution in [0.15, 0.2) is 0 Å². The number of rotatable bonds is 8. The lowest BCUT2D eigenvalue weighted by Crippen LogP contribution is -2.37. The Kier molecular flexibility index (Phi) is 7.20. The molecular formula is C15H32N2O. The summed E-state index contributed by atoms with van der Waals surface area (Å²) >= 11 is 0. The lowest BCUT2D eigenvalue weighted by Gasteiger charge is -2.25. The van der Waals surface area contributed by atoms with Crippen LogP contribution in [-0.4, -0.2) is 49.8 Å². The van der Waals surface area contributed by atoms with Crippen LogP contribution in [0, 0.1) is 5.92 Å². The van der Waals surface area contributed by atoms with E-state index in [0.717, 1.165) is 19.2 Å². The highest BCUT2D eigenvalue weighted by Crippen LogP contribution is 2.18. The molecule has 3 nitrogen and oxygen atoms in total. The molecule has 0 radical (unpaired) electrons. The summed E-state index contributed by atoms with van der Waals surface area (Å²) in [7, 11) is 2.23. The van der Waals surface area contributed by atoms with Crippen LogP contribution in [0.1, 0.15) is 47.0 Å². The average Bonchev–Trinajstić information content (AvgIpc) is 2.68. The van der Waals surface area contributed by atoms with Crippen molar-refractivity contribution in [2.45, 2.75) is 65.1 Å². The van der Waals surface area contributed by atoms with E-state index in [2.05, 4.69) is 45.0 Å². The summed E-state index contributed by atoms with van der Waals surface area (Å²) in [4.78, 5) is 2.47. The van der Waals surface area contributed by atoms with Crippen molar-refractivity contribution >= 4 is 0 Å². The minimum atomic E-state index is 0.346. The van der Waals surface area contributed by atoms with Crippen molar-refractivity contribution in [2.75, 3.05) is 26.7 Å². The molecular weight excluding hydrogens is 224 g/mol. The molecule has 3 heteroatoms. The van der Waals surface area contributed by atoms with Gasteiger partial charge in [0.1, 0.15) is 0 Å². The lowest BCUT2D eigenvalue weighted by atomic mass is 10.1. The lowest BCUT2D eigenvalue weighted by molar-refractivity contribution is 0.0135. The number of ether oxygens (including phenoxy) is 1. The van der Waals surface area contributed by atoms with E-state index < -0.39 is 0 Å². The highest BCUT2D eigenvalue weighted by Gasteiger charge is 2.21. The van der Waals surface area contributed by atoms with Gasteiger partial charge in [-0.25, -0.2) is 0 Å². The molecule has 0 aromatic rings. The Hall–Kier alpha value is -0.120. The Labute approximate surface area is 113 Å². The Bertz CT molecular complexity index is 219. The van der Waals surface area contributed by atoms with Crippen molar-refractivity contribution in [3.8, 4) is 0 Å². The third kappa shape index (κ3) is 5.68. The first kappa shape index (κ1) is 15.9. The molecule has 18 heavy (non-hydrogen) atoms. The van der Waals surface area contributed by atoms with Crippen molar-refractivity contribution in [3.63, 3.8) is 0 Å². The van der Waals surface area contributed by atoms with Crippen LogP contribution in [0.4, 0.5) is 0 Å². The van der Waals surface area contributed by atoms with Crippen molar-refractivity contribution in [2.24, 2.45) is 5.92 Å². The van der Waals surface area contributed by atoms with Gasteiger partial charge in [-0.05, 0) is 38.8 Å². The summed E-state index contributed by atoms with van der Waals surface area (Å²) in [6.07, 6.45) is 4.22. The zero-order chi connectivity index (χ0) is 13.5. The minimum absolute atomic E-state index is 0.346. The molecule has 1 fully saturated rings. The minimum Gasteiger partial charge on any atom is -0.377 e. The van der Waals surface area contributed by atoms with E-state index in [1.54, 1.807) is 0 Å². The van der Waals surface area contributed by atoms with Gasteiger partial charge in [0, 0.05) is 25.2 Å². The number of hydrogen-bond donors (Lipinski definition) is 1. The smallest absolute Gasteiger partial charge is 0.0722 e. The van der Waals surface area contributed by atoms with E-state index in [1.807, 2.05) is 0 Å². The second-order valence-electron chi connectivity index (χ2n) is 6.28. The van der Waals surface area contributed by atoms with Gasteiger partial charge in [-0.1, -0.05) is 27.7 Å². The number of nitrogens with zero attached hydrogens (tertiary/aromatic N) is 1. The van der Waals surface area contributed by atoms with Gasteiger partial charge in [0.05, 0.1) is 6.10 Å². The van der Waals surface area contributed by atoms with Crippen molar-refractivity contribution in [1.82, 2.24) is 10.2 Å². The summed E-state index contributed by atoms with van der Waals surface area (Å²) in [5, 5.41) is 3.48. The number of nitrogens with one attached hydrogen (secondary N) is 1. The standard InChI is InChI=1S/C15H32N2O/c1-12(2)15(11-16-13(3)4)18-10-8-14-7-6-9-17(14)5/h12-16H,6-11H2,1-5H3. The number of likely N-dealkylation sites (tertiary alicyclic amines) is 1. The van der Waals surface area contributed by atoms with Gasteiger partial charge in [-0.15, -0.1) is 0 Å². The quantitative estimate of drug-likeness (QED) is 0.722. The van der Waals surface area contributed by atoms with Crippen LogP contribution in [0.3, 0.4) is 0 Å². The third-order valence-electron chi connectivity index (χ3n) is 3.93. The fourth-order valence-corrected chi connectivity index (χ4v) is 2.54. The first-order valence-corrected chi connectivity index (χ1v) is 7.56. The first-order valence-electron chi connectivity index (χ1n) is 7.56. The maximum atomic E-state index is 6.08. The van der Waals surface area contributed by atoms with Crippen LogP contribution in [-0.2, 0) is 4.74 Å². The fraction of sp³-hybridized carbons (Fsp3) is 1.00. The van der Waals surface area contributed by atoms with Gasteiger partial charge >= 0.3 is 0 Å². The second kappa shape index (κ2) is 8.13. The van der Waals surface area contributed by atoms with E-state index in [1.165, 1.54) is 25.8 Å². The molecule has 1 saturated heterocycles. The molecule has 1 aliphatic rings. The van der Waals surface area contributed by atoms with Crippen molar-refractivity contribution < 1.29 is 4.74 Å². The summed E-state index contributed by atoms with van der Waals surface area (Å²) in [6, 6.07) is 1.28. The second-order valence-corrected chi connectivity index (χ2v) is 6.28. The van der Waals surface area contributed by atoms with Crippen LogP contribution >= 0.6 is 0 Å². The van der Waals surface area contributed by atoms with E-state index >= 15 is 0 Å². The molecule has 0 aromatic heterocycles. The number of hydrogen-bond acceptors (Lipinski definition) is 3. The molecule has 1 N–H and O–H groups in total. The molecule has 2 unspecified atom stereocenters. The summed E-state index contributed by atoms with van der Waals surface area (Å²) in [6.45, 7) is 12.0. The topological polar surface area (TPSA) is 24.5 Å². The van der Waals surface area contributed by atoms with Gasteiger partial charge in [0.2, 0.25) is 0 Å². The molecule has 1 aliphatic heterocycles. The molecule has 0 aromatic carbocycles. The normalized spacial score (nSPS) is 23.2. The van der Waals surface area contributed by atoms with Crippen LogP contribution in [0.2, 0.25) is 0 Å². The average molecular weight is 256 g/mol. The SMILES string of the molecule is CC(C)NCC(OCCC1CCCN1C)C(C)C. The van der Waals surface area contributed by atoms with Crippen molar-refractivity contribution in [3.05, 3.63) is 0 Å². The van der Waals surface area contributed by atoms with E-state index in [-0.39, 0.29) is 0 Å².